The number of aliphatic imine (C=N–C) groups is 1. The molecule has 0 aliphatic rings. The van der Waals surface area contributed by atoms with E-state index in [4.69, 9.17) is 0 Å². The van der Waals surface area contributed by atoms with Crippen LogP contribution in [0.25, 0.3) is 4.96 Å². The molecule has 124 valence electrons. The molecule has 0 bridgehead atoms. The first-order valence-electron chi connectivity index (χ1n) is 7.23. The lowest BCUT2D eigenvalue weighted by molar-refractivity contribution is 0.820. The molecule has 3 aromatic heterocycles. The largest absolute Gasteiger partial charge is 0.357 e. The average molecular weight is 461 g/mol. The van der Waals surface area contributed by atoms with Crippen molar-refractivity contribution in [1.29, 1.82) is 0 Å². The molecule has 0 saturated heterocycles. The molecule has 0 aliphatic heterocycles. The van der Waals surface area contributed by atoms with E-state index in [1.165, 1.54) is 9.75 Å². The Morgan fingerprint density at radius 2 is 2.22 bits per heavy atom. The van der Waals surface area contributed by atoms with Gasteiger partial charge in [-0.1, -0.05) is 0 Å². The van der Waals surface area contributed by atoms with Crippen molar-refractivity contribution in [1.82, 2.24) is 20.0 Å². The van der Waals surface area contributed by atoms with Gasteiger partial charge in [-0.15, -0.1) is 46.7 Å². The first kappa shape index (κ1) is 18.2. The maximum atomic E-state index is 4.61. The van der Waals surface area contributed by atoms with Crippen LogP contribution in [0, 0.1) is 6.92 Å². The van der Waals surface area contributed by atoms with Gasteiger partial charge in [-0.2, -0.15) is 0 Å². The summed E-state index contributed by atoms with van der Waals surface area (Å²) in [7, 11) is 0. The van der Waals surface area contributed by atoms with Gasteiger partial charge >= 0.3 is 0 Å². The average Bonchev–Trinajstić information content (AvgIpc) is 3.17. The fourth-order valence-corrected chi connectivity index (χ4v) is 3.65. The Kier molecular flexibility index (Phi) is 6.85. The highest BCUT2D eigenvalue weighted by atomic mass is 127. The number of nitrogens with zero attached hydrogens (tertiary/aromatic N) is 3. The lowest BCUT2D eigenvalue weighted by Gasteiger charge is -2.09. The number of guanidine groups is 1. The highest BCUT2D eigenvalue weighted by Crippen LogP contribution is 2.14. The van der Waals surface area contributed by atoms with E-state index in [9.17, 15) is 0 Å². The fraction of sp³-hybridized carbons (Fsp3) is 0.333. The summed E-state index contributed by atoms with van der Waals surface area (Å²) in [5.41, 5.74) is 0.982. The summed E-state index contributed by atoms with van der Waals surface area (Å²) in [6.45, 7) is 6.40. The summed E-state index contributed by atoms with van der Waals surface area (Å²) in [6, 6.07) is 4.30. The number of thiazole rings is 1. The molecule has 0 spiro atoms. The minimum absolute atomic E-state index is 0. The smallest absolute Gasteiger partial charge is 0.193 e. The molecule has 3 rings (SSSR count). The van der Waals surface area contributed by atoms with Crippen molar-refractivity contribution in [3.05, 3.63) is 45.4 Å². The minimum atomic E-state index is 0. The molecule has 0 amide bonds. The van der Waals surface area contributed by atoms with Crippen LogP contribution in [0.1, 0.15) is 22.4 Å². The van der Waals surface area contributed by atoms with Crippen LogP contribution in [0.4, 0.5) is 0 Å². The zero-order valence-electron chi connectivity index (χ0n) is 13.1. The maximum absolute atomic E-state index is 4.61. The van der Waals surface area contributed by atoms with Gasteiger partial charge in [0.2, 0.25) is 0 Å². The second-order valence-corrected chi connectivity index (χ2v) is 7.13. The number of halogens is 1. The molecule has 0 aromatic carbocycles. The van der Waals surface area contributed by atoms with Crippen LogP contribution in [0.5, 0.6) is 0 Å². The summed E-state index contributed by atoms with van der Waals surface area (Å²) in [5.74, 6) is 0.824. The molecule has 5 nitrogen and oxygen atoms in total. The van der Waals surface area contributed by atoms with Crippen LogP contribution >= 0.6 is 46.7 Å². The molecule has 3 heterocycles. The molecular formula is C15H20IN5S2. The Labute approximate surface area is 160 Å². The molecule has 0 fully saturated rings. The Hall–Kier alpha value is -1.13. The van der Waals surface area contributed by atoms with E-state index in [2.05, 4.69) is 46.6 Å². The normalized spacial score (nSPS) is 11.5. The van der Waals surface area contributed by atoms with Crippen molar-refractivity contribution >= 4 is 57.6 Å². The van der Waals surface area contributed by atoms with E-state index in [1.54, 1.807) is 22.7 Å². The van der Waals surface area contributed by atoms with Crippen LogP contribution in [0.15, 0.2) is 34.9 Å². The Balaban J connectivity index is 0.00000192. The highest BCUT2D eigenvalue weighted by molar-refractivity contribution is 14.0. The van der Waals surface area contributed by atoms with E-state index in [1.807, 2.05) is 22.2 Å². The molecular weight excluding hydrogens is 441 g/mol. The Morgan fingerprint density at radius 1 is 1.35 bits per heavy atom. The second kappa shape index (κ2) is 8.65. The zero-order chi connectivity index (χ0) is 15.4. The van der Waals surface area contributed by atoms with E-state index in [0.717, 1.165) is 29.7 Å². The van der Waals surface area contributed by atoms with Crippen molar-refractivity contribution in [2.75, 3.05) is 6.54 Å². The molecule has 0 aliphatic carbocycles. The van der Waals surface area contributed by atoms with E-state index in [0.29, 0.717) is 6.54 Å². The Morgan fingerprint density at radius 3 is 2.91 bits per heavy atom. The molecule has 23 heavy (non-hydrogen) atoms. The van der Waals surface area contributed by atoms with Crippen molar-refractivity contribution in [3.8, 4) is 0 Å². The standard InChI is InChI=1S/C15H19N5S2.HI/c1-3-16-14(18-9-13-5-4-11(2)22-13)17-8-12-10-20-6-7-21-15(20)19-12;/h4-7,10H,3,8-9H2,1-2H3,(H2,16,17,18);1H. The molecule has 0 unspecified atom stereocenters. The van der Waals surface area contributed by atoms with Gasteiger partial charge in [0, 0.05) is 34.1 Å². The fourth-order valence-electron chi connectivity index (χ4n) is 2.11. The predicted octanol–water partition coefficient (Wildman–Crippen LogP) is 3.64. The lowest BCUT2D eigenvalue weighted by atomic mass is 10.4. The number of thiophene rings is 1. The van der Waals surface area contributed by atoms with Gasteiger partial charge < -0.3 is 10.6 Å². The van der Waals surface area contributed by atoms with Gasteiger partial charge in [0.25, 0.3) is 0 Å². The number of imidazole rings is 1. The van der Waals surface area contributed by atoms with Gasteiger partial charge in [0.15, 0.2) is 10.9 Å². The maximum Gasteiger partial charge on any atom is 0.193 e. The quantitative estimate of drug-likeness (QED) is 0.347. The van der Waals surface area contributed by atoms with Gasteiger partial charge in [0.1, 0.15) is 0 Å². The van der Waals surface area contributed by atoms with Crippen molar-refractivity contribution in [2.45, 2.75) is 26.9 Å². The summed E-state index contributed by atoms with van der Waals surface area (Å²) in [4.78, 5) is 12.8. The van der Waals surface area contributed by atoms with Crippen LogP contribution in [-0.4, -0.2) is 21.9 Å². The third-order valence-corrected chi connectivity index (χ3v) is 4.88. The molecule has 0 radical (unpaired) electrons. The number of rotatable bonds is 5. The third kappa shape index (κ3) is 4.92. The van der Waals surface area contributed by atoms with Gasteiger partial charge in [0.05, 0.1) is 18.8 Å². The number of hydrogen-bond donors (Lipinski definition) is 2. The zero-order valence-corrected chi connectivity index (χ0v) is 17.0. The van der Waals surface area contributed by atoms with E-state index < -0.39 is 0 Å². The van der Waals surface area contributed by atoms with Crippen molar-refractivity contribution in [3.63, 3.8) is 0 Å². The van der Waals surface area contributed by atoms with E-state index in [-0.39, 0.29) is 24.0 Å². The number of nitrogens with one attached hydrogen (secondary N) is 2. The Bertz CT molecular complexity index is 745. The predicted molar refractivity (Wildman–Crippen MR) is 109 cm³/mol. The monoisotopic (exact) mass is 461 g/mol. The van der Waals surface area contributed by atoms with Crippen LogP contribution in [0.2, 0.25) is 0 Å². The van der Waals surface area contributed by atoms with E-state index >= 15 is 0 Å². The number of aryl methyl sites for hydroxylation is 1. The van der Waals surface area contributed by atoms with Crippen LogP contribution in [-0.2, 0) is 13.1 Å². The highest BCUT2D eigenvalue weighted by Gasteiger charge is 2.03. The first-order chi connectivity index (χ1) is 10.7. The van der Waals surface area contributed by atoms with Crippen LogP contribution in [0.3, 0.4) is 0 Å². The molecule has 0 saturated carbocycles. The summed E-state index contributed by atoms with van der Waals surface area (Å²) in [6.07, 6.45) is 4.05. The van der Waals surface area contributed by atoms with Gasteiger partial charge in [-0.3, -0.25) is 4.40 Å². The molecule has 3 aromatic rings. The minimum Gasteiger partial charge on any atom is -0.357 e. The number of hydrogen-bond acceptors (Lipinski definition) is 4. The molecule has 8 heteroatoms. The third-order valence-electron chi connectivity index (χ3n) is 3.11. The number of aromatic nitrogens is 2. The second-order valence-electron chi connectivity index (χ2n) is 4.89. The van der Waals surface area contributed by atoms with Gasteiger partial charge in [-0.25, -0.2) is 9.98 Å². The van der Waals surface area contributed by atoms with Crippen molar-refractivity contribution in [2.24, 2.45) is 4.99 Å². The van der Waals surface area contributed by atoms with Crippen molar-refractivity contribution < 1.29 is 0 Å². The summed E-state index contributed by atoms with van der Waals surface area (Å²) >= 11 is 3.44. The summed E-state index contributed by atoms with van der Waals surface area (Å²) < 4.78 is 2.03. The van der Waals surface area contributed by atoms with Crippen LogP contribution < -0.4 is 10.6 Å². The summed E-state index contributed by atoms with van der Waals surface area (Å²) in [5, 5.41) is 8.67. The number of fused-ring (bicyclic) bond motifs is 1. The molecule has 0 atom stereocenters. The SMILES string of the molecule is CCNC(=NCc1cn2ccsc2n1)NCc1ccc(C)s1.I. The topological polar surface area (TPSA) is 53.7 Å². The molecule has 2 N–H and O–H groups in total. The first-order valence-corrected chi connectivity index (χ1v) is 8.93. The lowest BCUT2D eigenvalue weighted by Crippen LogP contribution is -2.36. The van der Waals surface area contributed by atoms with Gasteiger partial charge in [-0.05, 0) is 26.0 Å².